The van der Waals surface area contributed by atoms with Crippen LogP contribution < -0.4 is 0 Å². The Bertz CT molecular complexity index is 662. The van der Waals surface area contributed by atoms with Gasteiger partial charge in [0, 0.05) is 9.13 Å². The standard InChI is InChI=1S/C17H15IO3/c1-11-7-9-13(10-8-11)16(19)12(2)21-17(20)14-5-3-4-6-15(14)18/h3-10,12H,1-2H3. The molecule has 0 aliphatic heterocycles. The van der Waals surface area contributed by atoms with Gasteiger partial charge in [-0.2, -0.15) is 0 Å². The summed E-state index contributed by atoms with van der Waals surface area (Å²) < 4.78 is 6.07. The average molecular weight is 394 g/mol. The van der Waals surface area contributed by atoms with Crippen molar-refractivity contribution >= 4 is 34.3 Å². The summed E-state index contributed by atoms with van der Waals surface area (Å²) in [6.07, 6.45) is -0.809. The minimum atomic E-state index is -0.809. The minimum Gasteiger partial charge on any atom is -0.451 e. The van der Waals surface area contributed by atoms with Crippen LogP contribution in [0.4, 0.5) is 0 Å². The second-order valence-electron chi connectivity index (χ2n) is 4.76. The molecule has 21 heavy (non-hydrogen) atoms. The fourth-order valence-corrected chi connectivity index (χ4v) is 2.46. The van der Waals surface area contributed by atoms with Crippen molar-refractivity contribution in [3.05, 3.63) is 68.8 Å². The zero-order valence-electron chi connectivity index (χ0n) is 11.8. The number of halogens is 1. The maximum atomic E-state index is 12.2. The molecule has 0 radical (unpaired) electrons. The van der Waals surface area contributed by atoms with Crippen LogP contribution in [0.1, 0.15) is 33.2 Å². The molecule has 1 unspecified atom stereocenters. The quantitative estimate of drug-likeness (QED) is 0.447. The van der Waals surface area contributed by atoms with Crippen molar-refractivity contribution in [2.45, 2.75) is 20.0 Å². The van der Waals surface area contributed by atoms with E-state index in [1.807, 2.05) is 31.2 Å². The van der Waals surface area contributed by atoms with Crippen LogP contribution in [0.15, 0.2) is 48.5 Å². The van der Waals surface area contributed by atoms with E-state index in [1.54, 1.807) is 31.2 Å². The van der Waals surface area contributed by atoms with E-state index >= 15 is 0 Å². The van der Waals surface area contributed by atoms with Crippen molar-refractivity contribution in [2.24, 2.45) is 0 Å². The molecule has 0 saturated carbocycles. The summed E-state index contributed by atoms with van der Waals surface area (Å²) in [4.78, 5) is 24.3. The lowest BCUT2D eigenvalue weighted by Crippen LogP contribution is -2.24. The van der Waals surface area contributed by atoms with E-state index in [0.717, 1.165) is 9.13 Å². The number of ether oxygens (including phenoxy) is 1. The molecule has 0 aliphatic carbocycles. The number of ketones is 1. The first-order valence-electron chi connectivity index (χ1n) is 6.55. The maximum Gasteiger partial charge on any atom is 0.339 e. The van der Waals surface area contributed by atoms with Gasteiger partial charge in [0.05, 0.1) is 5.56 Å². The molecule has 2 aromatic carbocycles. The fraction of sp³-hybridized carbons (Fsp3) is 0.176. The highest BCUT2D eigenvalue weighted by molar-refractivity contribution is 14.1. The number of esters is 1. The Balaban J connectivity index is 2.09. The van der Waals surface area contributed by atoms with Gasteiger partial charge in [-0.15, -0.1) is 0 Å². The van der Waals surface area contributed by atoms with E-state index in [0.29, 0.717) is 11.1 Å². The van der Waals surface area contributed by atoms with Crippen molar-refractivity contribution in [2.75, 3.05) is 0 Å². The van der Waals surface area contributed by atoms with Gasteiger partial charge in [0.2, 0.25) is 5.78 Å². The molecule has 0 fully saturated rings. The fourth-order valence-electron chi connectivity index (χ4n) is 1.86. The zero-order chi connectivity index (χ0) is 15.4. The second kappa shape index (κ2) is 6.85. The summed E-state index contributed by atoms with van der Waals surface area (Å²) in [7, 11) is 0. The van der Waals surface area contributed by atoms with Gasteiger partial charge in [0.15, 0.2) is 6.10 Å². The molecule has 3 nitrogen and oxygen atoms in total. The van der Waals surface area contributed by atoms with Crippen molar-refractivity contribution in [1.82, 2.24) is 0 Å². The van der Waals surface area contributed by atoms with Crippen LogP contribution in [0.25, 0.3) is 0 Å². The van der Waals surface area contributed by atoms with E-state index in [9.17, 15) is 9.59 Å². The van der Waals surface area contributed by atoms with E-state index in [-0.39, 0.29) is 5.78 Å². The Morgan fingerprint density at radius 2 is 1.67 bits per heavy atom. The molecule has 0 amide bonds. The number of benzene rings is 2. The van der Waals surface area contributed by atoms with Crippen molar-refractivity contribution < 1.29 is 14.3 Å². The van der Waals surface area contributed by atoms with Gasteiger partial charge in [0.1, 0.15) is 0 Å². The van der Waals surface area contributed by atoms with Crippen molar-refractivity contribution in [3.8, 4) is 0 Å². The summed E-state index contributed by atoms with van der Waals surface area (Å²) in [6, 6.07) is 14.3. The highest BCUT2D eigenvalue weighted by Crippen LogP contribution is 2.15. The Morgan fingerprint density at radius 3 is 2.29 bits per heavy atom. The number of carbonyl (C=O) groups excluding carboxylic acids is 2. The van der Waals surface area contributed by atoms with Crippen LogP contribution in [-0.4, -0.2) is 17.9 Å². The topological polar surface area (TPSA) is 43.4 Å². The van der Waals surface area contributed by atoms with Gasteiger partial charge < -0.3 is 4.74 Å². The molecule has 2 rings (SSSR count). The van der Waals surface area contributed by atoms with Crippen LogP contribution in [-0.2, 0) is 4.74 Å². The summed E-state index contributed by atoms with van der Waals surface area (Å²) in [6.45, 7) is 3.55. The Morgan fingerprint density at radius 1 is 1.05 bits per heavy atom. The summed E-state index contributed by atoms with van der Waals surface area (Å²) in [5.74, 6) is -0.678. The normalized spacial score (nSPS) is 11.8. The largest absolute Gasteiger partial charge is 0.451 e. The third kappa shape index (κ3) is 3.91. The first kappa shape index (κ1) is 15.7. The second-order valence-corrected chi connectivity index (χ2v) is 5.92. The molecule has 4 heteroatoms. The predicted octanol–water partition coefficient (Wildman–Crippen LogP) is 4.03. The average Bonchev–Trinajstić information content (AvgIpc) is 2.47. The number of hydrogen-bond acceptors (Lipinski definition) is 3. The molecule has 0 aromatic heterocycles. The molecule has 0 N–H and O–H groups in total. The lowest BCUT2D eigenvalue weighted by Gasteiger charge is -2.13. The molecule has 0 bridgehead atoms. The summed E-state index contributed by atoms with van der Waals surface area (Å²) in [5, 5.41) is 0. The minimum absolute atomic E-state index is 0.200. The molecule has 1 atom stereocenters. The third-order valence-corrected chi connectivity index (χ3v) is 4.02. The van der Waals surface area contributed by atoms with Gasteiger partial charge in [0.25, 0.3) is 0 Å². The summed E-state index contributed by atoms with van der Waals surface area (Å²) >= 11 is 2.07. The molecule has 0 heterocycles. The lowest BCUT2D eigenvalue weighted by atomic mass is 10.1. The third-order valence-electron chi connectivity index (χ3n) is 3.08. The highest BCUT2D eigenvalue weighted by Gasteiger charge is 2.21. The van der Waals surface area contributed by atoms with Crippen LogP contribution in [0, 0.1) is 10.5 Å². The molecule has 0 saturated heterocycles. The Hall–Kier alpha value is -1.69. The number of Topliss-reactive ketones (excluding diaryl/α,β-unsaturated/α-hetero) is 1. The number of aryl methyl sites for hydroxylation is 1. The van der Waals surface area contributed by atoms with Crippen LogP contribution in [0.5, 0.6) is 0 Å². The van der Waals surface area contributed by atoms with E-state index in [4.69, 9.17) is 4.74 Å². The highest BCUT2D eigenvalue weighted by atomic mass is 127. The lowest BCUT2D eigenvalue weighted by molar-refractivity contribution is 0.0318. The predicted molar refractivity (Wildman–Crippen MR) is 89.5 cm³/mol. The van der Waals surface area contributed by atoms with E-state index in [1.165, 1.54) is 0 Å². The van der Waals surface area contributed by atoms with Crippen molar-refractivity contribution in [1.29, 1.82) is 0 Å². The maximum absolute atomic E-state index is 12.2. The molecule has 0 aliphatic rings. The van der Waals surface area contributed by atoms with Gasteiger partial charge in [-0.05, 0) is 48.6 Å². The van der Waals surface area contributed by atoms with Gasteiger partial charge in [-0.25, -0.2) is 4.79 Å². The Labute approximate surface area is 137 Å². The van der Waals surface area contributed by atoms with Gasteiger partial charge >= 0.3 is 5.97 Å². The molecule has 2 aromatic rings. The van der Waals surface area contributed by atoms with Crippen molar-refractivity contribution in [3.63, 3.8) is 0 Å². The number of carbonyl (C=O) groups is 2. The van der Waals surface area contributed by atoms with Gasteiger partial charge in [-0.3, -0.25) is 4.79 Å². The van der Waals surface area contributed by atoms with E-state index in [2.05, 4.69) is 22.6 Å². The van der Waals surface area contributed by atoms with Crippen LogP contribution in [0.2, 0.25) is 0 Å². The monoisotopic (exact) mass is 394 g/mol. The Kier molecular flexibility index (Phi) is 5.12. The SMILES string of the molecule is Cc1ccc(C(=O)C(C)OC(=O)c2ccccc2I)cc1. The first-order chi connectivity index (χ1) is 9.99. The number of rotatable bonds is 4. The first-order valence-corrected chi connectivity index (χ1v) is 7.63. The van der Waals surface area contributed by atoms with Crippen LogP contribution in [0.3, 0.4) is 0 Å². The zero-order valence-corrected chi connectivity index (χ0v) is 14.0. The van der Waals surface area contributed by atoms with E-state index < -0.39 is 12.1 Å². The molecule has 108 valence electrons. The van der Waals surface area contributed by atoms with Gasteiger partial charge in [-0.1, -0.05) is 42.0 Å². The molecule has 0 spiro atoms. The smallest absolute Gasteiger partial charge is 0.339 e. The molecular formula is C17H15IO3. The molecular weight excluding hydrogens is 379 g/mol. The van der Waals surface area contributed by atoms with Crippen LogP contribution >= 0.6 is 22.6 Å². The summed E-state index contributed by atoms with van der Waals surface area (Å²) in [5.41, 5.74) is 2.10. The number of hydrogen-bond donors (Lipinski definition) is 0.